The number of carbonyl (C=O) groups is 2. The van der Waals surface area contributed by atoms with Gasteiger partial charge in [0.2, 0.25) is 5.91 Å². The van der Waals surface area contributed by atoms with Crippen molar-refractivity contribution in [3.8, 4) is 0 Å². The van der Waals surface area contributed by atoms with Crippen LogP contribution >= 0.6 is 0 Å². The van der Waals surface area contributed by atoms with E-state index in [4.69, 9.17) is 0 Å². The van der Waals surface area contributed by atoms with Crippen molar-refractivity contribution < 1.29 is 18.0 Å². The number of hydrogen-bond donors (Lipinski definition) is 5. The van der Waals surface area contributed by atoms with Gasteiger partial charge in [-0.2, -0.15) is 8.42 Å². The fourth-order valence-corrected chi connectivity index (χ4v) is 3.48. The van der Waals surface area contributed by atoms with Gasteiger partial charge < -0.3 is 16.0 Å². The Labute approximate surface area is 150 Å². The van der Waals surface area contributed by atoms with Crippen LogP contribution in [0.25, 0.3) is 0 Å². The predicted octanol–water partition coefficient (Wildman–Crippen LogP) is 2.02. The minimum absolute atomic E-state index is 0.215. The minimum Gasteiger partial charge on any atom is -0.386 e. The molecule has 0 fully saturated rings. The summed E-state index contributed by atoms with van der Waals surface area (Å²) >= 11 is 0. The Balaban J connectivity index is 1.80. The smallest absolute Gasteiger partial charge is 0.321 e. The topological polar surface area (TPSA) is 128 Å². The highest BCUT2D eigenvalue weighted by Crippen LogP contribution is 2.32. The minimum atomic E-state index is -3.58. The van der Waals surface area contributed by atoms with E-state index in [9.17, 15) is 18.0 Å². The molecule has 2 amide bonds. The molecule has 1 aliphatic rings. The average Bonchev–Trinajstić information content (AvgIpc) is 2.87. The van der Waals surface area contributed by atoms with Gasteiger partial charge in [-0.1, -0.05) is 0 Å². The number of benzene rings is 2. The first-order valence-corrected chi connectivity index (χ1v) is 9.11. The van der Waals surface area contributed by atoms with Crippen LogP contribution in [-0.4, -0.2) is 27.3 Å². The van der Waals surface area contributed by atoms with E-state index in [0.29, 0.717) is 34.0 Å². The van der Waals surface area contributed by atoms with Crippen molar-refractivity contribution in [2.45, 2.75) is 6.92 Å². The van der Waals surface area contributed by atoms with Crippen molar-refractivity contribution in [1.29, 1.82) is 0 Å². The lowest BCUT2D eigenvalue weighted by atomic mass is 10.1. The van der Waals surface area contributed by atoms with Gasteiger partial charge in [0.15, 0.2) is 0 Å². The molecule has 0 saturated heterocycles. The molecule has 136 valence electrons. The van der Waals surface area contributed by atoms with E-state index in [1.807, 2.05) is 0 Å². The Hall–Kier alpha value is -3.27. The maximum atomic E-state index is 12.5. The van der Waals surface area contributed by atoms with Crippen LogP contribution < -0.4 is 25.4 Å². The second-order valence-corrected chi connectivity index (χ2v) is 7.03. The Morgan fingerprint density at radius 1 is 0.923 bits per heavy atom. The lowest BCUT2D eigenvalue weighted by molar-refractivity contribution is -0.114. The first-order valence-electron chi connectivity index (χ1n) is 7.63. The summed E-state index contributed by atoms with van der Waals surface area (Å²) in [5, 5.41) is 8.30. The third-order valence-corrected chi connectivity index (χ3v) is 4.61. The zero-order chi connectivity index (χ0) is 18.9. The standard InChI is InChI=1S/C16H17N5O4S/c1-9(22)18-12-5-3-10(7-14(12)17-2)16(23)19-11-4-6-13-15(8-11)21-26(24,25)20-13/h3-8,17,20-21H,1-2H3,(H,18,22)(H,19,23). The quantitative estimate of drug-likeness (QED) is 0.558. The number of amides is 2. The van der Waals surface area contributed by atoms with Gasteiger partial charge in [-0.3, -0.25) is 19.0 Å². The maximum absolute atomic E-state index is 12.5. The van der Waals surface area contributed by atoms with Gasteiger partial charge in [0.05, 0.1) is 22.7 Å². The number of fused-ring (bicyclic) bond motifs is 1. The molecule has 0 saturated carbocycles. The van der Waals surface area contributed by atoms with Gasteiger partial charge in [-0.25, -0.2) is 0 Å². The van der Waals surface area contributed by atoms with Crippen LogP contribution in [-0.2, 0) is 15.0 Å². The van der Waals surface area contributed by atoms with Gasteiger partial charge in [0.1, 0.15) is 0 Å². The monoisotopic (exact) mass is 375 g/mol. The van der Waals surface area contributed by atoms with Gasteiger partial charge in [0.25, 0.3) is 5.91 Å². The lowest BCUT2D eigenvalue weighted by Gasteiger charge is -2.12. The van der Waals surface area contributed by atoms with Crippen LogP contribution in [0.1, 0.15) is 17.3 Å². The second-order valence-electron chi connectivity index (χ2n) is 5.61. The molecular weight excluding hydrogens is 358 g/mol. The molecule has 1 heterocycles. The molecule has 5 N–H and O–H groups in total. The molecule has 0 unspecified atom stereocenters. The third-order valence-electron chi connectivity index (χ3n) is 3.63. The molecular formula is C16H17N5O4S. The molecule has 3 rings (SSSR count). The molecule has 0 bridgehead atoms. The van der Waals surface area contributed by atoms with Crippen molar-refractivity contribution in [2.75, 3.05) is 32.4 Å². The first kappa shape index (κ1) is 17.5. The molecule has 2 aromatic carbocycles. The highest BCUT2D eigenvalue weighted by Gasteiger charge is 2.22. The van der Waals surface area contributed by atoms with Crippen molar-refractivity contribution in [3.05, 3.63) is 42.0 Å². The van der Waals surface area contributed by atoms with E-state index in [1.165, 1.54) is 13.0 Å². The Kier molecular flexibility index (Phi) is 4.43. The zero-order valence-electron chi connectivity index (χ0n) is 14.0. The molecule has 0 aromatic heterocycles. The number of anilines is 5. The first-order chi connectivity index (χ1) is 12.3. The molecule has 0 spiro atoms. The zero-order valence-corrected chi connectivity index (χ0v) is 14.8. The highest BCUT2D eigenvalue weighted by molar-refractivity contribution is 7.94. The van der Waals surface area contributed by atoms with E-state index in [0.717, 1.165) is 0 Å². The van der Waals surface area contributed by atoms with Gasteiger partial charge in [0, 0.05) is 25.2 Å². The van der Waals surface area contributed by atoms with Gasteiger partial charge in [-0.05, 0) is 36.4 Å². The Morgan fingerprint density at radius 2 is 1.65 bits per heavy atom. The summed E-state index contributed by atoms with van der Waals surface area (Å²) in [5.41, 5.74) is 2.76. The highest BCUT2D eigenvalue weighted by atomic mass is 32.2. The number of hydrogen-bond acceptors (Lipinski definition) is 5. The van der Waals surface area contributed by atoms with Crippen molar-refractivity contribution in [2.24, 2.45) is 0 Å². The average molecular weight is 375 g/mol. The summed E-state index contributed by atoms with van der Waals surface area (Å²) in [6, 6.07) is 9.49. The number of rotatable bonds is 4. The fraction of sp³-hybridized carbons (Fsp3) is 0.125. The van der Waals surface area contributed by atoms with Crippen LogP contribution in [0.2, 0.25) is 0 Å². The summed E-state index contributed by atoms with van der Waals surface area (Å²) in [5.74, 6) is -0.586. The van der Waals surface area contributed by atoms with Gasteiger partial charge >= 0.3 is 10.2 Å². The Morgan fingerprint density at radius 3 is 2.35 bits per heavy atom. The summed E-state index contributed by atoms with van der Waals surface area (Å²) in [6.45, 7) is 1.40. The third kappa shape index (κ3) is 3.70. The van der Waals surface area contributed by atoms with Crippen LogP contribution in [0, 0.1) is 0 Å². The normalized spacial score (nSPS) is 13.8. The molecule has 0 radical (unpaired) electrons. The van der Waals surface area contributed by atoms with E-state index in [1.54, 1.807) is 37.4 Å². The van der Waals surface area contributed by atoms with E-state index in [2.05, 4.69) is 25.4 Å². The molecule has 2 aromatic rings. The van der Waals surface area contributed by atoms with E-state index in [-0.39, 0.29) is 11.8 Å². The SMILES string of the molecule is CNc1cc(C(=O)Nc2ccc3c(c2)NS(=O)(=O)N3)ccc1NC(C)=O. The summed E-state index contributed by atoms with van der Waals surface area (Å²) < 4.78 is 27.6. The summed E-state index contributed by atoms with van der Waals surface area (Å²) in [6.07, 6.45) is 0. The van der Waals surface area contributed by atoms with Crippen molar-refractivity contribution in [3.63, 3.8) is 0 Å². The number of carbonyl (C=O) groups excluding carboxylic acids is 2. The van der Waals surface area contributed by atoms with Crippen LogP contribution in [0.15, 0.2) is 36.4 Å². The molecule has 1 aliphatic heterocycles. The molecule has 10 heteroatoms. The predicted molar refractivity (Wildman–Crippen MR) is 101 cm³/mol. The molecule has 9 nitrogen and oxygen atoms in total. The van der Waals surface area contributed by atoms with Gasteiger partial charge in [-0.15, -0.1) is 0 Å². The van der Waals surface area contributed by atoms with Crippen LogP contribution in [0.3, 0.4) is 0 Å². The van der Waals surface area contributed by atoms with E-state index >= 15 is 0 Å². The molecule has 0 aliphatic carbocycles. The van der Waals surface area contributed by atoms with Crippen LogP contribution in [0.5, 0.6) is 0 Å². The lowest BCUT2D eigenvalue weighted by Crippen LogP contribution is -2.14. The summed E-state index contributed by atoms with van der Waals surface area (Å²) in [4.78, 5) is 23.7. The second kappa shape index (κ2) is 6.56. The Bertz CT molecular complexity index is 1000. The largest absolute Gasteiger partial charge is 0.386 e. The molecule has 26 heavy (non-hydrogen) atoms. The number of nitrogens with one attached hydrogen (secondary N) is 5. The van der Waals surface area contributed by atoms with E-state index < -0.39 is 10.2 Å². The maximum Gasteiger partial charge on any atom is 0.321 e. The summed E-state index contributed by atoms with van der Waals surface area (Å²) in [7, 11) is -1.90. The fourth-order valence-electron chi connectivity index (χ4n) is 2.50. The van der Waals surface area contributed by atoms with Crippen molar-refractivity contribution >= 4 is 50.5 Å². The molecule has 0 atom stereocenters. The van der Waals surface area contributed by atoms with Crippen LogP contribution in [0.4, 0.5) is 28.4 Å². The van der Waals surface area contributed by atoms with Crippen molar-refractivity contribution in [1.82, 2.24) is 0 Å².